The van der Waals surface area contributed by atoms with Crippen LogP contribution in [0.4, 0.5) is 0 Å². The Morgan fingerprint density at radius 1 is 1.24 bits per heavy atom. The molecule has 1 saturated carbocycles. The molecular weight excluding hydrogens is 238 g/mol. The first-order valence-electron chi connectivity index (χ1n) is 6.69. The molecule has 4 nitrogen and oxygen atoms in total. The van der Waals surface area contributed by atoms with Crippen molar-refractivity contribution in [2.75, 3.05) is 13.2 Å². The molecule has 0 aromatic rings. The first-order chi connectivity index (χ1) is 8.07. The van der Waals surface area contributed by atoms with Crippen LogP contribution in [-0.2, 0) is 10.0 Å². The molecule has 0 heterocycles. The van der Waals surface area contributed by atoms with Crippen molar-refractivity contribution in [3.8, 4) is 0 Å². The summed E-state index contributed by atoms with van der Waals surface area (Å²) in [6.07, 6.45) is 5.21. The summed E-state index contributed by atoms with van der Waals surface area (Å²) >= 11 is 0. The van der Waals surface area contributed by atoms with Gasteiger partial charge in [-0.25, -0.2) is 8.42 Å². The van der Waals surface area contributed by atoms with Crippen molar-refractivity contribution in [1.29, 1.82) is 0 Å². The van der Waals surface area contributed by atoms with Crippen LogP contribution >= 0.6 is 0 Å². The van der Waals surface area contributed by atoms with Crippen molar-refractivity contribution in [3.63, 3.8) is 0 Å². The molecule has 0 unspecified atom stereocenters. The Labute approximate surface area is 105 Å². The number of hydrogen-bond acceptors (Lipinski definition) is 3. The van der Waals surface area contributed by atoms with E-state index >= 15 is 0 Å². The van der Waals surface area contributed by atoms with E-state index in [2.05, 4.69) is 0 Å². The molecule has 0 saturated heterocycles. The third kappa shape index (κ3) is 3.42. The normalized spacial score (nSPS) is 18.4. The Morgan fingerprint density at radius 2 is 1.76 bits per heavy atom. The lowest BCUT2D eigenvalue weighted by molar-refractivity contribution is 0.218. The van der Waals surface area contributed by atoms with Crippen LogP contribution in [0.2, 0.25) is 0 Å². The molecule has 1 N–H and O–H groups in total. The van der Waals surface area contributed by atoms with E-state index in [0.29, 0.717) is 0 Å². The zero-order chi connectivity index (χ0) is 12.9. The van der Waals surface area contributed by atoms with Crippen LogP contribution in [0.25, 0.3) is 0 Å². The minimum atomic E-state index is -3.21. The summed E-state index contributed by atoms with van der Waals surface area (Å²) in [4.78, 5) is 0. The Morgan fingerprint density at radius 3 is 2.18 bits per heavy atom. The summed E-state index contributed by atoms with van der Waals surface area (Å²) in [5.41, 5.74) is 0. The van der Waals surface area contributed by atoms with E-state index in [1.54, 1.807) is 4.31 Å². The molecule has 0 atom stereocenters. The molecular formula is C12H25NO3S. The van der Waals surface area contributed by atoms with E-state index in [4.69, 9.17) is 5.11 Å². The second-order valence-corrected chi connectivity index (χ2v) is 6.92. The molecule has 1 aliphatic rings. The Kier molecular flexibility index (Phi) is 5.89. The van der Waals surface area contributed by atoms with Crippen molar-refractivity contribution in [3.05, 3.63) is 0 Å². The molecule has 0 amide bonds. The highest BCUT2D eigenvalue weighted by atomic mass is 32.2. The summed E-state index contributed by atoms with van der Waals surface area (Å²) in [5.74, 6) is 0. The lowest BCUT2D eigenvalue weighted by atomic mass is 10.2. The van der Waals surface area contributed by atoms with Crippen molar-refractivity contribution in [1.82, 2.24) is 4.31 Å². The fourth-order valence-corrected chi connectivity index (χ4v) is 5.05. The van der Waals surface area contributed by atoms with Gasteiger partial charge in [0, 0.05) is 12.6 Å². The van der Waals surface area contributed by atoms with Crippen LogP contribution < -0.4 is 0 Å². The fourth-order valence-electron chi connectivity index (χ4n) is 2.69. The van der Waals surface area contributed by atoms with Crippen molar-refractivity contribution in [2.24, 2.45) is 0 Å². The highest BCUT2D eigenvalue weighted by Crippen LogP contribution is 2.29. The topological polar surface area (TPSA) is 57.6 Å². The third-order valence-corrected chi connectivity index (χ3v) is 6.17. The lowest BCUT2D eigenvalue weighted by Gasteiger charge is -2.31. The Bertz CT molecular complexity index is 306. The average molecular weight is 263 g/mol. The molecule has 0 aromatic carbocycles. The van der Waals surface area contributed by atoms with Crippen LogP contribution in [0.1, 0.15) is 52.4 Å². The second-order valence-electron chi connectivity index (χ2n) is 4.76. The average Bonchev–Trinajstić information content (AvgIpc) is 2.83. The first-order valence-corrected chi connectivity index (χ1v) is 8.19. The van der Waals surface area contributed by atoms with E-state index in [1.165, 1.54) is 0 Å². The van der Waals surface area contributed by atoms with Gasteiger partial charge in [-0.15, -0.1) is 0 Å². The van der Waals surface area contributed by atoms with E-state index < -0.39 is 10.0 Å². The predicted molar refractivity (Wildman–Crippen MR) is 69.3 cm³/mol. The number of rotatable bonds is 7. The van der Waals surface area contributed by atoms with Crippen molar-refractivity contribution < 1.29 is 13.5 Å². The third-order valence-electron chi connectivity index (χ3n) is 3.72. The van der Waals surface area contributed by atoms with Gasteiger partial charge in [0.1, 0.15) is 0 Å². The van der Waals surface area contributed by atoms with Gasteiger partial charge < -0.3 is 5.11 Å². The number of aliphatic hydroxyl groups is 1. The van der Waals surface area contributed by atoms with E-state index in [1.807, 2.05) is 13.8 Å². The quantitative estimate of drug-likeness (QED) is 0.761. The molecule has 0 bridgehead atoms. The maximum absolute atomic E-state index is 12.5. The zero-order valence-electron chi connectivity index (χ0n) is 10.9. The SMILES string of the molecule is CCC(CC)N(CCO)S(=O)(=O)C1CCCC1. The summed E-state index contributed by atoms with van der Waals surface area (Å²) in [5, 5.41) is 8.86. The monoisotopic (exact) mass is 263 g/mol. The fraction of sp³-hybridized carbons (Fsp3) is 1.00. The lowest BCUT2D eigenvalue weighted by Crippen LogP contribution is -2.45. The van der Waals surface area contributed by atoms with Crippen LogP contribution in [0, 0.1) is 0 Å². The molecule has 1 aliphatic carbocycles. The van der Waals surface area contributed by atoms with Gasteiger partial charge >= 0.3 is 0 Å². The van der Waals surface area contributed by atoms with E-state index in [-0.39, 0.29) is 24.4 Å². The van der Waals surface area contributed by atoms with Gasteiger partial charge in [0.15, 0.2) is 0 Å². The minimum absolute atomic E-state index is 0.0350. The number of sulfonamides is 1. The number of hydrogen-bond donors (Lipinski definition) is 1. The number of nitrogens with zero attached hydrogens (tertiary/aromatic N) is 1. The molecule has 102 valence electrons. The van der Waals surface area contributed by atoms with Crippen LogP contribution in [-0.4, -0.2) is 42.3 Å². The summed E-state index contributed by atoms with van der Waals surface area (Å²) in [6.45, 7) is 4.15. The van der Waals surface area contributed by atoms with Gasteiger partial charge in [-0.1, -0.05) is 26.7 Å². The van der Waals surface area contributed by atoms with E-state index in [0.717, 1.165) is 38.5 Å². The smallest absolute Gasteiger partial charge is 0.217 e. The highest BCUT2D eigenvalue weighted by Gasteiger charge is 2.36. The molecule has 0 spiro atoms. The van der Waals surface area contributed by atoms with Gasteiger partial charge in [-0.3, -0.25) is 0 Å². The maximum atomic E-state index is 12.5. The molecule has 0 aromatic heterocycles. The molecule has 1 rings (SSSR count). The summed E-state index contributed by atoms with van der Waals surface area (Å²) < 4.78 is 26.5. The molecule has 1 fully saturated rings. The largest absolute Gasteiger partial charge is 0.395 e. The van der Waals surface area contributed by atoms with Crippen molar-refractivity contribution >= 4 is 10.0 Å². The van der Waals surface area contributed by atoms with Crippen LogP contribution in [0.3, 0.4) is 0 Å². The Hall–Kier alpha value is -0.130. The second kappa shape index (κ2) is 6.71. The van der Waals surface area contributed by atoms with Crippen LogP contribution in [0.15, 0.2) is 0 Å². The van der Waals surface area contributed by atoms with Gasteiger partial charge in [0.05, 0.1) is 11.9 Å². The molecule has 5 heteroatoms. The van der Waals surface area contributed by atoms with Gasteiger partial charge in [0.25, 0.3) is 0 Å². The van der Waals surface area contributed by atoms with Gasteiger partial charge in [0.2, 0.25) is 10.0 Å². The standard InChI is InChI=1S/C12H25NO3S/c1-3-11(4-2)13(9-10-14)17(15,16)12-7-5-6-8-12/h11-12,14H,3-10H2,1-2H3. The minimum Gasteiger partial charge on any atom is -0.395 e. The van der Waals surface area contributed by atoms with Crippen LogP contribution in [0.5, 0.6) is 0 Å². The summed E-state index contributed by atoms with van der Waals surface area (Å²) in [6, 6.07) is 0.0350. The predicted octanol–water partition coefficient (Wildman–Crippen LogP) is 1.74. The maximum Gasteiger partial charge on any atom is 0.217 e. The molecule has 0 radical (unpaired) electrons. The number of aliphatic hydroxyl groups excluding tert-OH is 1. The first kappa shape index (κ1) is 14.9. The molecule has 17 heavy (non-hydrogen) atoms. The van der Waals surface area contributed by atoms with Crippen molar-refractivity contribution in [2.45, 2.75) is 63.7 Å². The van der Waals surface area contributed by atoms with Gasteiger partial charge in [-0.05, 0) is 25.7 Å². The van der Waals surface area contributed by atoms with Gasteiger partial charge in [-0.2, -0.15) is 4.31 Å². The van der Waals surface area contributed by atoms with E-state index in [9.17, 15) is 8.42 Å². The summed E-state index contributed by atoms with van der Waals surface area (Å²) in [7, 11) is -3.21. The Balaban J connectivity index is 2.87. The molecule has 0 aliphatic heterocycles. The highest BCUT2D eigenvalue weighted by molar-refractivity contribution is 7.89. The zero-order valence-corrected chi connectivity index (χ0v) is 11.7.